The van der Waals surface area contributed by atoms with Crippen molar-refractivity contribution in [2.45, 2.75) is 31.3 Å². The third kappa shape index (κ3) is 2.75. The Hall–Kier alpha value is -2.76. The van der Waals surface area contributed by atoms with Crippen LogP contribution < -0.4 is 0 Å². The van der Waals surface area contributed by atoms with Gasteiger partial charge in [0.05, 0.1) is 12.7 Å². The number of esters is 1. The number of halogens is 3. The Morgan fingerprint density at radius 3 is 2.42 bits per heavy atom. The number of nitriles is 1. The molecule has 0 radical (unpaired) electrons. The minimum absolute atomic E-state index is 0.0634. The Morgan fingerprint density at radius 2 is 1.92 bits per heavy atom. The first-order valence-electron chi connectivity index (χ1n) is 6.94. The van der Waals surface area contributed by atoms with E-state index in [1.807, 2.05) is 0 Å². The fraction of sp³-hybridized carbons (Fsp3) is 0.400. The Morgan fingerprint density at radius 1 is 1.29 bits per heavy atom. The number of carbonyl (C=O) groups excluding carboxylic acids is 2. The van der Waals surface area contributed by atoms with Crippen LogP contribution >= 0.6 is 0 Å². The van der Waals surface area contributed by atoms with Crippen molar-refractivity contribution in [1.29, 1.82) is 5.26 Å². The third-order valence-electron chi connectivity index (χ3n) is 3.51. The van der Waals surface area contributed by atoms with Gasteiger partial charge in [0.15, 0.2) is 6.04 Å². The maximum atomic E-state index is 13.4. The van der Waals surface area contributed by atoms with Gasteiger partial charge in [0.1, 0.15) is 6.61 Å². The maximum absolute atomic E-state index is 13.4. The quantitative estimate of drug-likeness (QED) is 0.620. The highest BCUT2D eigenvalue weighted by atomic mass is 19.4. The van der Waals surface area contributed by atoms with Gasteiger partial charge < -0.3 is 9.47 Å². The average molecular weight is 342 g/mol. The van der Waals surface area contributed by atoms with Crippen molar-refractivity contribution in [2.75, 3.05) is 6.61 Å². The number of ether oxygens (including phenoxy) is 2. The summed E-state index contributed by atoms with van der Waals surface area (Å²) < 4.78 is 49.3. The molecule has 0 bridgehead atoms. The van der Waals surface area contributed by atoms with E-state index in [9.17, 15) is 22.8 Å². The standard InChI is InChI=1S/C15H13F3N2O4/c1-2-23-12(21)14(15(16,17)18)11(8-19)20(14)13(22)24-9-10-6-4-3-5-7-10/h3-7,11H,2,9H2,1H3. The Balaban J connectivity index is 2.20. The number of benzene rings is 1. The van der Waals surface area contributed by atoms with Crippen molar-refractivity contribution in [3.05, 3.63) is 35.9 Å². The molecule has 9 heteroatoms. The van der Waals surface area contributed by atoms with Crippen LogP contribution in [0.1, 0.15) is 12.5 Å². The lowest BCUT2D eigenvalue weighted by Gasteiger charge is -2.18. The molecule has 128 valence electrons. The van der Waals surface area contributed by atoms with Crippen LogP contribution in [0.2, 0.25) is 0 Å². The molecule has 2 unspecified atom stereocenters. The summed E-state index contributed by atoms with van der Waals surface area (Å²) in [5.74, 6) is -1.69. The first-order chi connectivity index (χ1) is 11.3. The summed E-state index contributed by atoms with van der Waals surface area (Å²) in [6.07, 6.45) is -6.57. The fourth-order valence-electron chi connectivity index (χ4n) is 2.34. The van der Waals surface area contributed by atoms with E-state index in [0.717, 1.165) is 0 Å². The molecule has 1 fully saturated rings. The summed E-state index contributed by atoms with van der Waals surface area (Å²) in [5, 5.41) is 8.92. The van der Waals surface area contributed by atoms with Crippen LogP contribution in [0.4, 0.5) is 18.0 Å². The monoisotopic (exact) mass is 342 g/mol. The molecular formula is C15H13F3N2O4. The van der Waals surface area contributed by atoms with Gasteiger partial charge in [-0.15, -0.1) is 0 Å². The highest BCUT2D eigenvalue weighted by Crippen LogP contribution is 2.53. The summed E-state index contributed by atoms with van der Waals surface area (Å²) >= 11 is 0. The van der Waals surface area contributed by atoms with Gasteiger partial charge in [0, 0.05) is 0 Å². The number of rotatable bonds is 4. The molecule has 1 aliphatic heterocycles. The summed E-state index contributed by atoms with van der Waals surface area (Å²) in [4.78, 5) is 23.8. The summed E-state index contributed by atoms with van der Waals surface area (Å²) in [6.45, 7) is 0.719. The van der Waals surface area contributed by atoms with Gasteiger partial charge in [-0.25, -0.2) is 9.59 Å². The van der Waals surface area contributed by atoms with Crippen LogP contribution in [0.15, 0.2) is 30.3 Å². The molecule has 0 aliphatic carbocycles. The smallest absolute Gasteiger partial charge is 0.426 e. The zero-order chi connectivity index (χ0) is 18.0. The molecule has 0 spiro atoms. The second-order valence-electron chi connectivity index (χ2n) is 4.93. The van der Waals surface area contributed by atoms with Crippen LogP contribution in [0.3, 0.4) is 0 Å². The third-order valence-corrected chi connectivity index (χ3v) is 3.51. The van der Waals surface area contributed by atoms with Crippen LogP contribution in [0, 0.1) is 11.3 Å². The van der Waals surface area contributed by atoms with E-state index in [-0.39, 0.29) is 18.1 Å². The minimum Gasteiger partial charge on any atom is -0.464 e. The normalized spacial score (nSPS) is 22.5. The lowest BCUT2D eigenvalue weighted by atomic mass is 10.1. The van der Waals surface area contributed by atoms with Crippen molar-refractivity contribution in [1.82, 2.24) is 4.90 Å². The largest absolute Gasteiger partial charge is 0.464 e. The Bertz CT molecular complexity index is 672. The number of alkyl halides is 3. The molecule has 2 atom stereocenters. The van der Waals surface area contributed by atoms with Gasteiger partial charge >= 0.3 is 18.2 Å². The Labute approximate surface area is 135 Å². The topological polar surface area (TPSA) is 79.4 Å². The first kappa shape index (κ1) is 17.6. The molecule has 1 saturated heterocycles. The predicted molar refractivity (Wildman–Crippen MR) is 73.3 cm³/mol. The second kappa shape index (κ2) is 6.39. The molecule has 24 heavy (non-hydrogen) atoms. The lowest BCUT2D eigenvalue weighted by molar-refractivity contribution is -0.193. The summed E-state index contributed by atoms with van der Waals surface area (Å²) in [5.41, 5.74) is -2.76. The van der Waals surface area contributed by atoms with Crippen LogP contribution in [-0.4, -0.2) is 41.3 Å². The van der Waals surface area contributed by atoms with Crippen LogP contribution in [0.25, 0.3) is 0 Å². The van der Waals surface area contributed by atoms with E-state index < -0.39 is 29.8 Å². The number of hydrogen-bond acceptors (Lipinski definition) is 5. The van der Waals surface area contributed by atoms with E-state index in [4.69, 9.17) is 10.00 Å². The molecule has 0 aromatic heterocycles. The fourth-order valence-corrected chi connectivity index (χ4v) is 2.34. The van der Waals surface area contributed by atoms with Gasteiger partial charge in [-0.2, -0.15) is 18.4 Å². The predicted octanol–water partition coefficient (Wildman–Crippen LogP) is 2.40. The number of amides is 1. The van der Waals surface area contributed by atoms with E-state index in [1.54, 1.807) is 30.3 Å². The molecule has 1 heterocycles. The molecule has 1 amide bonds. The highest BCUT2D eigenvalue weighted by molar-refractivity contribution is 5.95. The van der Waals surface area contributed by atoms with E-state index in [1.165, 1.54) is 13.0 Å². The molecule has 2 rings (SSSR count). The second-order valence-corrected chi connectivity index (χ2v) is 4.93. The molecule has 0 N–H and O–H groups in total. The van der Waals surface area contributed by atoms with Crippen molar-refractivity contribution >= 4 is 12.1 Å². The average Bonchev–Trinajstić information content (AvgIpc) is 3.24. The van der Waals surface area contributed by atoms with Crippen molar-refractivity contribution in [3.8, 4) is 6.07 Å². The number of hydrogen-bond donors (Lipinski definition) is 0. The molecule has 0 saturated carbocycles. The molecule has 1 aromatic rings. The van der Waals surface area contributed by atoms with Crippen LogP contribution in [0.5, 0.6) is 0 Å². The van der Waals surface area contributed by atoms with Gasteiger partial charge in [0.25, 0.3) is 5.54 Å². The molecule has 6 nitrogen and oxygen atoms in total. The first-order valence-corrected chi connectivity index (χ1v) is 6.94. The van der Waals surface area contributed by atoms with Crippen molar-refractivity contribution < 1.29 is 32.2 Å². The van der Waals surface area contributed by atoms with Gasteiger partial charge in [-0.05, 0) is 12.5 Å². The lowest BCUT2D eigenvalue weighted by Crippen LogP contribution is -2.47. The highest BCUT2D eigenvalue weighted by Gasteiger charge is 2.86. The number of carbonyl (C=O) groups is 2. The van der Waals surface area contributed by atoms with Crippen molar-refractivity contribution in [2.24, 2.45) is 0 Å². The number of nitrogens with zero attached hydrogens (tertiary/aromatic N) is 2. The van der Waals surface area contributed by atoms with Gasteiger partial charge in [-0.1, -0.05) is 30.3 Å². The summed E-state index contributed by atoms with van der Waals surface area (Å²) in [6, 6.07) is 7.56. The van der Waals surface area contributed by atoms with Crippen molar-refractivity contribution in [3.63, 3.8) is 0 Å². The van der Waals surface area contributed by atoms with Gasteiger partial charge in [0.2, 0.25) is 0 Å². The molecular weight excluding hydrogens is 329 g/mol. The van der Waals surface area contributed by atoms with E-state index in [2.05, 4.69) is 4.74 Å². The zero-order valence-corrected chi connectivity index (χ0v) is 12.5. The minimum atomic E-state index is -5.16. The van der Waals surface area contributed by atoms with Crippen LogP contribution in [-0.2, 0) is 20.9 Å². The SMILES string of the molecule is CCOC(=O)C1(C(F)(F)F)C(C#N)N1C(=O)OCc1ccccc1. The van der Waals surface area contributed by atoms with E-state index in [0.29, 0.717) is 5.56 Å². The van der Waals surface area contributed by atoms with Gasteiger partial charge in [-0.3, -0.25) is 4.90 Å². The molecule has 1 aliphatic rings. The summed E-state index contributed by atoms with van der Waals surface area (Å²) in [7, 11) is 0. The zero-order valence-electron chi connectivity index (χ0n) is 12.5. The van der Waals surface area contributed by atoms with E-state index >= 15 is 0 Å². The maximum Gasteiger partial charge on any atom is 0.426 e. The Kier molecular flexibility index (Phi) is 4.68. The molecule has 1 aromatic carbocycles.